The molecule has 7 heteroatoms. The Kier molecular flexibility index (Phi) is 7.71. The first-order chi connectivity index (χ1) is 16.4. The number of pyridine rings is 1. The molecular weight excluding hydrogens is 446 g/mol. The number of nitrogens with zero attached hydrogens (tertiary/aromatic N) is 1. The third-order valence-corrected chi connectivity index (χ3v) is 6.79. The number of alkyl halides is 2. The van der Waals surface area contributed by atoms with Crippen LogP contribution in [0.1, 0.15) is 62.1 Å². The van der Waals surface area contributed by atoms with E-state index in [1.807, 2.05) is 0 Å². The minimum atomic E-state index is -3.76. The summed E-state index contributed by atoms with van der Waals surface area (Å²) in [6, 6.07) is 5.19. The lowest BCUT2D eigenvalue weighted by Crippen LogP contribution is -2.24. The van der Waals surface area contributed by atoms with E-state index in [2.05, 4.69) is 22.4 Å². The van der Waals surface area contributed by atoms with E-state index < -0.39 is 29.2 Å². The molecule has 1 aromatic carbocycles. The number of aromatic nitrogens is 1. The predicted octanol–water partition coefficient (Wildman–Crippen LogP) is 7.44. The summed E-state index contributed by atoms with van der Waals surface area (Å²) < 4.78 is 65.6. The summed E-state index contributed by atoms with van der Waals surface area (Å²) in [7, 11) is 0. The van der Waals surface area contributed by atoms with Gasteiger partial charge in [-0.05, 0) is 80.5 Å². The van der Waals surface area contributed by atoms with Crippen LogP contribution in [-0.2, 0) is 10.8 Å². The summed E-state index contributed by atoms with van der Waals surface area (Å²) in [5.74, 6) is -1.99. The molecule has 0 saturated heterocycles. The van der Waals surface area contributed by atoms with Gasteiger partial charge in [0.15, 0.2) is 17.3 Å². The van der Waals surface area contributed by atoms with Crippen molar-refractivity contribution in [3.05, 3.63) is 83.7 Å². The lowest BCUT2D eigenvalue weighted by Gasteiger charge is -2.33. The molecule has 0 spiro atoms. The van der Waals surface area contributed by atoms with Gasteiger partial charge in [-0.3, -0.25) is 4.98 Å². The third-order valence-electron chi connectivity index (χ3n) is 6.79. The molecule has 34 heavy (non-hydrogen) atoms. The van der Waals surface area contributed by atoms with Crippen molar-refractivity contribution in [1.82, 2.24) is 4.98 Å². The second kappa shape index (κ2) is 10.7. The molecule has 1 fully saturated rings. The molecule has 2 aliphatic rings. The highest BCUT2D eigenvalue weighted by atomic mass is 19.3. The zero-order chi connectivity index (χ0) is 24.1. The van der Waals surface area contributed by atoms with Crippen molar-refractivity contribution >= 4 is 0 Å². The summed E-state index contributed by atoms with van der Waals surface area (Å²) in [6.45, 7) is 4.28. The number of allylic oxidation sites excluding steroid dienone is 1. The monoisotopic (exact) mass is 475 g/mol. The van der Waals surface area contributed by atoms with Gasteiger partial charge >= 0.3 is 6.11 Å². The molecule has 2 aliphatic carbocycles. The Balaban J connectivity index is 1.32. The summed E-state index contributed by atoms with van der Waals surface area (Å²) in [5.41, 5.74) is 1.89. The van der Waals surface area contributed by atoms with E-state index in [0.717, 1.165) is 62.6 Å². The Morgan fingerprint density at radius 3 is 2.38 bits per heavy atom. The summed E-state index contributed by atoms with van der Waals surface area (Å²) in [4.78, 5) is 3.93. The fraction of sp³-hybridized carbons (Fsp3) is 0.444. The largest absolute Gasteiger partial charge is 0.444 e. The van der Waals surface area contributed by atoms with Gasteiger partial charge < -0.3 is 9.47 Å². The van der Waals surface area contributed by atoms with E-state index >= 15 is 0 Å². The second-order valence-corrected chi connectivity index (χ2v) is 9.02. The SMILES string of the molecule is C=CCOC1CC=C(C2CCC(c3ccc(C(F)(F)Oc4ccc(F)c(F)c4)nc3)CC2)CC1. The van der Waals surface area contributed by atoms with Gasteiger partial charge in [0.05, 0.1) is 12.7 Å². The van der Waals surface area contributed by atoms with Crippen molar-refractivity contribution < 1.29 is 27.0 Å². The molecule has 0 bridgehead atoms. The minimum Gasteiger partial charge on any atom is -0.428 e. The van der Waals surface area contributed by atoms with Crippen LogP contribution < -0.4 is 4.74 Å². The number of hydrogen-bond acceptors (Lipinski definition) is 3. The van der Waals surface area contributed by atoms with Crippen LogP contribution in [0.3, 0.4) is 0 Å². The standard InChI is InChI=1S/C27H29F4NO2/c1-2-15-33-22-10-7-19(8-11-22)18-3-5-20(6-4-18)21-9-14-26(32-17-21)27(30,31)34-23-12-13-24(28)25(29)16-23/h2,7,9,12-14,16-18,20,22H,1,3-6,8,10-11,15H2. The third kappa shape index (κ3) is 5.87. The lowest BCUT2D eigenvalue weighted by molar-refractivity contribution is -0.188. The van der Waals surface area contributed by atoms with Gasteiger partial charge in [-0.2, -0.15) is 8.78 Å². The normalized spacial score (nSPS) is 23.3. The maximum atomic E-state index is 14.5. The average Bonchev–Trinajstić information content (AvgIpc) is 2.85. The van der Waals surface area contributed by atoms with E-state index in [9.17, 15) is 17.6 Å². The van der Waals surface area contributed by atoms with Gasteiger partial charge in [0.2, 0.25) is 0 Å². The zero-order valence-corrected chi connectivity index (χ0v) is 19.0. The summed E-state index contributed by atoms with van der Waals surface area (Å²) in [5, 5.41) is 0. The van der Waals surface area contributed by atoms with Crippen LogP contribution in [0.2, 0.25) is 0 Å². The highest BCUT2D eigenvalue weighted by Gasteiger charge is 2.37. The lowest BCUT2D eigenvalue weighted by atomic mass is 9.74. The average molecular weight is 476 g/mol. The maximum absolute atomic E-state index is 14.5. The van der Waals surface area contributed by atoms with Crippen molar-refractivity contribution in [3.63, 3.8) is 0 Å². The first kappa shape index (κ1) is 24.5. The Morgan fingerprint density at radius 2 is 1.76 bits per heavy atom. The first-order valence-electron chi connectivity index (χ1n) is 11.8. The van der Waals surface area contributed by atoms with Gasteiger partial charge in [0.1, 0.15) is 5.75 Å². The van der Waals surface area contributed by atoms with E-state index in [1.165, 1.54) is 17.8 Å². The minimum absolute atomic E-state index is 0.284. The molecule has 2 aromatic rings. The molecule has 1 atom stereocenters. The van der Waals surface area contributed by atoms with Gasteiger partial charge in [0, 0.05) is 12.3 Å². The number of halogens is 4. The van der Waals surface area contributed by atoms with Crippen LogP contribution in [-0.4, -0.2) is 17.7 Å². The van der Waals surface area contributed by atoms with Gasteiger partial charge in [-0.15, -0.1) is 6.58 Å². The molecule has 1 heterocycles. The quantitative estimate of drug-likeness (QED) is 0.294. The van der Waals surface area contributed by atoms with Gasteiger partial charge in [-0.1, -0.05) is 23.8 Å². The zero-order valence-electron chi connectivity index (χ0n) is 19.0. The summed E-state index contributed by atoms with van der Waals surface area (Å²) >= 11 is 0. The van der Waals surface area contributed by atoms with Crippen molar-refractivity contribution in [3.8, 4) is 5.75 Å². The topological polar surface area (TPSA) is 31.4 Å². The Hall–Kier alpha value is -2.67. The van der Waals surface area contributed by atoms with Crippen LogP contribution >= 0.6 is 0 Å². The van der Waals surface area contributed by atoms with E-state index in [1.54, 1.807) is 12.1 Å². The van der Waals surface area contributed by atoms with E-state index in [-0.39, 0.29) is 12.0 Å². The van der Waals surface area contributed by atoms with Crippen molar-refractivity contribution in [2.24, 2.45) is 5.92 Å². The Bertz CT molecular complexity index is 1010. The van der Waals surface area contributed by atoms with Crippen LogP contribution in [0.15, 0.2) is 60.8 Å². The predicted molar refractivity (Wildman–Crippen MR) is 122 cm³/mol. The maximum Gasteiger partial charge on any atom is 0.444 e. The van der Waals surface area contributed by atoms with Crippen molar-refractivity contribution in [2.75, 3.05) is 6.61 Å². The second-order valence-electron chi connectivity index (χ2n) is 9.02. The number of benzene rings is 1. The van der Waals surface area contributed by atoms with Gasteiger partial charge in [-0.25, -0.2) is 8.78 Å². The molecule has 182 valence electrons. The Morgan fingerprint density at radius 1 is 1.00 bits per heavy atom. The summed E-state index contributed by atoms with van der Waals surface area (Å²) in [6.07, 6.45) is 9.32. The van der Waals surface area contributed by atoms with Crippen molar-refractivity contribution in [2.45, 2.75) is 63.1 Å². The van der Waals surface area contributed by atoms with Gasteiger partial charge in [0.25, 0.3) is 0 Å². The molecular formula is C27H29F4NO2. The number of hydrogen-bond donors (Lipinski definition) is 0. The molecule has 1 aromatic heterocycles. The molecule has 0 N–H and O–H groups in total. The number of ether oxygens (including phenoxy) is 2. The van der Waals surface area contributed by atoms with Crippen LogP contribution in [0.5, 0.6) is 5.75 Å². The molecule has 4 rings (SSSR count). The molecule has 1 unspecified atom stereocenters. The van der Waals surface area contributed by atoms with Crippen molar-refractivity contribution in [1.29, 1.82) is 0 Å². The van der Waals surface area contributed by atoms with Crippen LogP contribution in [0.25, 0.3) is 0 Å². The molecule has 0 radical (unpaired) electrons. The molecule has 1 saturated carbocycles. The highest BCUT2D eigenvalue weighted by molar-refractivity contribution is 5.26. The molecule has 0 amide bonds. The fourth-order valence-electron chi connectivity index (χ4n) is 4.91. The van der Waals surface area contributed by atoms with Crippen LogP contribution in [0.4, 0.5) is 17.6 Å². The Labute approximate surface area is 197 Å². The highest BCUT2D eigenvalue weighted by Crippen LogP contribution is 2.41. The number of rotatable bonds is 8. The smallest absolute Gasteiger partial charge is 0.428 e. The first-order valence-corrected chi connectivity index (χ1v) is 11.8. The molecule has 3 nitrogen and oxygen atoms in total. The van der Waals surface area contributed by atoms with E-state index in [4.69, 9.17) is 4.74 Å². The fourth-order valence-corrected chi connectivity index (χ4v) is 4.91. The van der Waals surface area contributed by atoms with Crippen LogP contribution in [0, 0.1) is 17.6 Å². The van der Waals surface area contributed by atoms with E-state index in [0.29, 0.717) is 18.6 Å². The molecule has 0 aliphatic heterocycles.